The van der Waals surface area contributed by atoms with Crippen LogP contribution in [0.5, 0.6) is 0 Å². The van der Waals surface area contributed by atoms with Gasteiger partial charge in [0.15, 0.2) is 0 Å². The predicted molar refractivity (Wildman–Crippen MR) is 56.3 cm³/mol. The summed E-state index contributed by atoms with van der Waals surface area (Å²) in [6, 6.07) is 0.364. The van der Waals surface area contributed by atoms with Gasteiger partial charge in [0.25, 0.3) is 0 Å². The minimum Gasteiger partial charge on any atom is -0.382 e. The summed E-state index contributed by atoms with van der Waals surface area (Å²) >= 11 is 0. The Kier molecular flexibility index (Phi) is 6.10. The number of likely N-dealkylation sites (tertiary alicyclic amines) is 1. The van der Waals surface area contributed by atoms with Gasteiger partial charge in [0, 0.05) is 26.2 Å². The summed E-state index contributed by atoms with van der Waals surface area (Å²) in [4.78, 5) is 2.38. The second-order valence-electron chi connectivity index (χ2n) is 3.81. The molecule has 0 aromatic rings. The van der Waals surface area contributed by atoms with Crippen LogP contribution in [0.25, 0.3) is 0 Å². The zero-order chi connectivity index (χ0) is 10.2. The fourth-order valence-corrected chi connectivity index (χ4v) is 1.73. The van der Waals surface area contributed by atoms with Crippen LogP contribution < -0.4 is 5.73 Å². The Morgan fingerprint density at radius 1 is 1.36 bits per heavy atom. The van der Waals surface area contributed by atoms with Crippen LogP contribution >= 0.6 is 0 Å². The molecular formula is C10H22N2O2. The minimum absolute atomic E-state index is 0.364. The molecule has 0 bridgehead atoms. The average Bonchev–Trinajstić information content (AvgIpc) is 2.18. The van der Waals surface area contributed by atoms with Crippen LogP contribution in [0.3, 0.4) is 0 Å². The molecule has 1 rings (SSSR count). The highest BCUT2D eigenvalue weighted by Crippen LogP contribution is 2.07. The van der Waals surface area contributed by atoms with Gasteiger partial charge in [-0.2, -0.15) is 0 Å². The Hall–Kier alpha value is -0.160. The van der Waals surface area contributed by atoms with E-state index in [2.05, 4.69) is 4.90 Å². The molecule has 0 spiro atoms. The number of ether oxygens (including phenoxy) is 2. The Labute approximate surface area is 86.3 Å². The zero-order valence-corrected chi connectivity index (χ0v) is 9.08. The van der Waals surface area contributed by atoms with Crippen molar-refractivity contribution < 1.29 is 9.47 Å². The van der Waals surface area contributed by atoms with Gasteiger partial charge in [-0.1, -0.05) is 0 Å². The molecule has 14 heavy (non-hydrogen) atoms. The van der Waals surface area contributed by atoms with E-state index in [9.17, 15) is 0 Å². The summed E-state index contributed by atoms with van der Waals surface area (Å²) in [6.45, 7) is 5.35. The standard InChI is InChI=1S/C10H22N2O2/c1-13-7-8-14-6-5-12-4-2-3-10(11)9-12/h10H,2-9,11H2,1H3. The van der Waals surface area contributed by atoms with Crippen molar-refractivity contribution >= 4 is 0 Å². The molecule has 1 unspecified atom stereocenters. The summed E-state index contributed by atoms with van der Waals surface area (Å²) < 4.78 is 10.3. The van der Waals surface area contributed by atoms with E-state index in [1.54, 1.807) is 7.11 Å². The first-order valence-electron chi connectivity index (χ1n) is 5.37. The maximum atomic E-state index is 5.87. The lowest BCUT2D eigenvalue weighted by molar-refractivity contribution is 0.0528. The summed E-state index contributed by atoms with van der Waals surface area (Å²) in [7, 11) is 1.69. The van der Waals surface area contributed by atoms with Gasteiger partial charge in [0.1, 0.15) is 0 Å². The van der Waals surface area contributed by atoms with Gasteiger partial charge in [-0.15, -0.1) is 0 Å². The molecule has 1 aliphatic heterocycles. The number of hydrogen-bond donors (Lipinski definition) is 1. The fraction of sp³-hybridized carbons (Fsp3) is 1.00. The van der Waals surface area contributed by atoms with Crippen molar-refractivity contribution in [3.8, 4) is 0 Å². The number of piperidine rings is 1. The smallest absolute Gasteiger partial charge is 0.0700 e. The molecule has 0 aromatic heterocycles. The Morgan fingerprint density at radius 2 is 2.21 bits per heavy atom. The summed E-state index contributed by atoms with van der Waals surface area (Å²) in [5.74, 6) is 0. The third-order valence-corrected chi connectivity index (χ3v) is 2.53. The van der Waals surface area contributed by atoms with Crippen LogP contribution in [0.4, 0.5) is 0 Å². The lowest BCUT2D eigenvalue weighted by atomic mass is 10.1. The topological polar surface area (TPSA) is 47.7 Å². The molecular weight excluding hydrogens is 180 g/mol. The predicted octanol–water partition coefficient (Wildman–Crippen LogP) is 0.0725. The maximum absolute atomic E-state index is 5.87. The van der Waals surface area contributed by atoms with Crippen molar-refractivity contribution in [2.24, 2.45) is 5.73 Å². The van der Waals surface area contributed by atoms with Gasteiger partial charge < -0.3 is 15.2 Å². The molecule has 0 aliphatic carbocycles. The Bertz CT molecular complexity index is 144. The van der Waals surface area contributed by atoms with Gasteiger partial charge in [-0.25, -0.2) is 0 Å². The van der Waals surface area contributed by atoms with Gasteiger partial charge in [-0.3, -0.25) is 4.90 Å². The number of nitrogens with zero attached hydrogens (tertiary/aromatic N) is 1. The van der Waals surface area contributed by atoms with Gasteiger partial charge in [0.2, 0.25) is 0 Å². The van der Waals surface area contributed by atoms with Crippen LogP contribution in [0.15, 0.2) is 0 Å². The largest absolute Gasteiger partial charge is 0.382 e. The monoisotopic (exact) mass is 202 g/mol. The molecule has 0 aromatic carbocycles. The van der Waals surface area contributed by atoms with Crippen LogP contribution in [0.1, 0.15) is 12.8 Å². The van der Waals surface area contributed by atoms with E-state index in [0.29, 0.717) is 19.3 Å². The Morgan fingerprint density at radius 3 is 2.93 bits per heavy atom. The number of nitrogens with two attached hydrogens (primary N) is 1. The van der Waals surface area contributed by atoms with Crippen molar-refractivity contribution in [3.63, 3.8) is 0 Å². The molecule has 0 amide bonds. The van der Waals surface area contributed by atoms with Crippen LogP contribution in [0.2, 0.25) is 0 Å². The number of methoxy groups -OCH3 is 1. The Balaban J connectivity index is 1.95. The van der Waals surface area contributed by atoms with E-state index < -0.39 is 0 Å². The van der Waals surface area contributed by atoms with E-state index in [-0.39, 0.29) is 0 Å². The van der Waals surface area contributed by atoms with Crippen molar-refractivity contribution in [1.29, 1.82) is 0 Å². The fourth-order valence-electron chi connectivity index (χ4n) is 1.73. The molecule has 0 radical (unpaired) electrons. The van der Waals surface area contributed by atoms with Gasteiger partial charge >= 0.3 is 0 Å². The van der Waals surface area contributed by atoms with E-state index in [4.69, 9.17) is 15.2 Å². The summed E-state index contributed by atoms with van der Waals surface area (Å²) in [5, 5.41) is 0. The van der Waals surface area contributed by atoms with Crippen molar-refractivity contribution in [3.05, 3.63) is 0 Å². The third kappa shape index (κ3) is 4.91. The molecule has 0 saturated carbocycles. The quantitative estimate of drug-likeness (QED) is 0.619. The first kappa shape index (κ1) is 11.9. The van der Waals surface area contributed by atoms with Crippen molar-refractivity contribution in [1.82, 2.24) is 4.90 Å². The third-order valence-electron chi connectivity index (χ3n) is 2.53. The molecule has 1 atom stereocenters. The molecule has 4 heteroatoms. The van der Waals surface area contributed by atoms with E-state index in [0.717, 1.165) is 19.7 Å². The highest BCUT2D eigenvalue weighted by Gasteiger charge is 2.15. The average molecular weight is 202 g/mol. The lowest BCUT2D eigenvalue weighted by Gasteiger charge is -2.30. The van der Waals surface area contributed by atoms with Gasteiger partial charge in [0.05, 0.1) is 19.8 Å². The van der Waals surface area contributed by atoms with Crippen LogP contribution in [-0.2, 0) is 9.47 Å². The highest BCUT2D eigenvalue weighted by molar-refractivity contribution is 4.74. The second kappa shape index (κ2) is 7.17. The van der Waals surface area contributed by atoms with Crippen LogP contribution in [-0.4, -0.2) is 57.5 Å². The minimum atomic E-state index is 0.364. The SMILES string of the molecule is COCCOCCN1CCCC(N)C1. The van der Waals surface area contributed by atoms with Crippen molar-refractivity contribution in [2.45, 2.75) is 18.9 Å². The van der Waals surface area contributed by atoms with Crippen molar-refractivity contribution in [2.75, 3.05) is 46.6 Å². The first-order valence-corrected chi connectivity index (χ1v) is 5.37. The molecule has 1 aliphatic rings. The highest BCUT2D eigenvalue weighted by atomic mass is 16.5. The first-order chi connectivity index (χ1) is 6.83. The second-order valence-corrected chi connectivity index (χ2v) is 3.81. The lowest BCUT2D eigenvalue weighted by Crippen LogP contribution is -2.44. The number of rotatable bonds is 6. The molecule has 1 fully saturated rings. The van der Waals surface area contributed by atoms with Gasteiger partial charge in [-0.05, 0) is 19.4 Å². The maximum Gasteiger partial charge on any atom is 0.0700 e. The molecule has 1 saturated heterocycles. The number of hydrogen-bond acceptors (Lipinski definition) is 4. The molecule has 4 nitrogen and oxygen atoms in total. The van der Waals surface area contributed by atoms with E-state index in [1.807, 2.05) is 0 Å². The molecule has 2 N–H and O–H groups in total. The zero-order valence-electron chi connectivity index (χ0n) is 9.08. The molecule has 1 heterocycles. The summed E-state index contributed by atoms with van der Waals surface area (Å²) in [5.41, 5.74) is 5.87. The normalized spacial score (nSPS) is 24.0. The van der Waals surface area contributed by atoms with E-state index in [1.165, 1.54) is 19.4 Å². The summed E-state index contributed by atoms with van der Waals surface area (Å²) in [6.07, 6.45) is 2.39. The van der Waals surface area contributed by atoms with E-state index >= 15 is 0 Å². The van der Waals surface area contributed by atoms with Crippen LogP contribution in [0, 0.1) is 0 Å². The molecule has 84 valence electrons.